The third-order valence-electron chi connectivity index (χ3n) is 10.4. The summed E-state index contributed by atoms with van der Waals surface area (Å²) >= 11 is 0. The van der Waals surface area contributed by atoms with Gasteiger partial charge in [0.2, 0.25) is 0 Å². The van der Waals surface area contributed by atoms with Crippen molar-refractivity contribution in [1.29, 1.82) is 0 Å². The molecule has 9 rings (SSSR count). The fraction of sp³-hybridized carbons (Fsp3) is 0.160. The number of benzene rings is 6. The van der Waals surface area contributed by atoms with Crippen LogP contribution in [0, 0.1) is 18.8 Å². The summed E-state index contributed by atoms with van der Waals surface area (Å²) in [5.41, 5.74) is 11.1. The normalized spacial score (nSPS) is 12.9. The van der Waals surface area contributed by atoms with Crippen LogP contribution >= 0.6 is 0 Å². The quantitative estimate of drug-likeness (QED) is 0.156. The van der Waals surface area contributed by atoms with E-state index in [0.29, 0.717) is 11.5 Å². The number of nitrogens with zero attached hydrogens (tertiary/aromatic N) is 4. The Morgan fingerprint density at radius 3 is 2.09 bits per heavy atom. The fourth-order valence-corrected chi connectivity index (χ4v) is 7.61. The largest absolute Gasteiger partial charge is 0.509 e. The van der Waals surface area contributed by atoms with Crippen LogP contribution in [0.25, 0.3) is 38.8 Å². The van der Waals surface area contributed by atoms with Crippen molar-refractivity contribution in [1.82, 2.24) is 9.55 Å². The van der Waals surface area contributed by atoms with Gasteiger partial charge < -0.3 is 19.1 Å². The molecule has 0 aliphatic carbocycles. The smallest absolute Gasteiger partial charge is 0.135 e. The van der Waals surface area contributed by atoms with Crippen molar-refractivity contribution in [2.24, 2.45) is 0 Å². The van der Waals surface area contributed by atoms with Gasteiger partial charge in [-0.1, -0.05) is 114 Å². The standard InChI is InChI=1S/C50H43N4O.Pt/c1-49(2,3)35-27-28-51-48(29-35)54-44-20-11-10-19-41(44)42-26-24-39(32-47(42)54)55-38-18-14-17-36(30-38)52-33-53(46-22-13-12-21-45(46)52)37-23-25-40(34-15-8-7-9-16-34)43(31-37)50(4,5)6;/h7-29,31,33H,1-6H3;/q-3;. The maximum atomic E-state index is 6.56. The maximum Gasteiger partial charge on any atom is 0.135 e. The molecular formula is C50H43N4OPt-3. The van der Waals surface area contributed by atoms with Crippen LogP contribution in [0.4, 0.5) is 22.7 Å². The molecule has 0 saturated heterocycles. The van der Waals surface area contributed by atoms with E-state index in [1.807, 2.05) is 24.4 Å². The van der Waals surface area contributed by atoms with Crippen molar-refractivity contribution in [3.8, 4) is 28.4 Å². The van der Waals surface area contributed by atoms with Gasteiger partial charge in [-0.05, 0) is 80.9 Å². The van der Waals surface area contributed by atoms with Crippen molar-refractivity contribution in [3.05, 3.63) is 176 Å². The third-order valence-corrected chi connectivity index (χ3v) is 10.4. The van der Waals surface area contributed by atoms with Crippen LogP contribution in [0.5, 0.6) is 11.5 Å². The Bertz CT molecular complexity index is 2700. The average molecular weight is 911 g/mol. The van der Waals surface area contributed by atoms with Crippen LogP contribution in [-0.4, -0.2) is 9.55 Å². The van der Waals surface area contributed by atoms with Crippen molar-refractivity contribution in [3.63, 3.8) is 0 Å². The van der Waals surface area contributed by atoms with E-state index in [1.54, 1.807) is 0 Å². The van der Waals surface area contributed by atoms with E-state index in [0.717, 1.165) is 50.4 Å². The van der Waals surface area contributed by atoms with Crippen LogP contribution in [0.3, 0.4) is 0 Å². The minimum absolute atomic E-state index is 0. The molecule has 0 atom stereocenters. The summed E-state index contributed by atoms with van der Waals surface area (Å²) in [6, 6.07) is 56.0. The first-order valence-corrected chi connectivity index (χ1v) is 18.9. The van der Waals surface area contributed by atoms with E-state index in [2.05, 4.69) is 196 Å². The molecule has 0 fully saturated rings. The van der Waals surface area contributed by atoms with Gasteiger partial charge in [-0.25, -0.2) is 4.98 Å². The molecule has 2 aromatic heterocycles. The zero-order valence-corrected chi connectivity index (χ0v) is 34.7. The predicted octanol–water partition coefficient (Wildman–Crippen LogP) is 13.2. The number of anilines is 4. The third kappa shape index (κ3) is 6.79. The zero-order valence-electron chi connectivity index (χ0n) is 32.4. The Labute approximate surface area is 344 Å². The van der Waals surface area contributed by atoms with Crippen molar-refractivity contribution >= 4 is 44.6 Å². The predicted molar refractivity (Wildman–Crippen MR) is 227 cm³/mol. The van der Waals surface area contributed by atoms with Crippen LogP contribution in [0.1, 0.15) is 52.7 Å². The molecule has 0 unspecified atom stereocenters. The second-order valence-corrected chi connectivity index (χ2v) is 16.3. The van der Waals surface area contributed by atoms with E-state index in [-0.39, 0.29) is 31.9 Å². The number of hydrogen-bond donors (Lipinski definition) is 0. The Kier molecular flexibility index (Phi) is 9.63. The summed E-state index contributed by atoms with van der Waals surface area (Å²) in [6.45, 7) is 15.7. The Hall–Kier alpha value is -5.64. The summed E-state index contributed by atoms with van der Waals surface area (Å²) in [4.78, 5) is 9.28. The molecule has 1 aliphatic heterocycles. The molecular weight excluding hydrogens is 868 g/mol. The number of hydrogen-bond acceptors (Lipinski definition) is 4. The summed E-state index contributed by atoms with van der Waals surface area (Å²) in [7, 11) is 0. The zero-order chi connectivity index (χ0) is 37.9. The number of pyridine rings is 1. The minimum Gasteiger partial charge on any atom is -0.509 e. The molecule has 0 bridgehead atoms. The summed E-state index contributed by atoms with van der Waals surface area (Å²) in [6.07, 6.45) is 1.90. The molecule has 0 radical (unpaired) electrons. The number of rotatable bonds is 6. The number of ether oxygens (including phenoxy) is 1. The van der Waals surface area contributed by atoms with Gasteiger partial charge in [0.05, 0.1) is 0 Å². The maximum absolute atomic E-state index is 6.56. The van der Waals surface area contributed by atoms with Crippen molar-refractivity contribution in [2.75, 3.05) is 9.80 Å². The summed E-state index contributed by atoms with van der Waals surface area (Å²) < 4.78 is 8.75. The van der Waals surface area contributed by atoms with Crippen molar-refractivity contribution in [2.45, 2.75) is 52.4 Å². The molecule has 1 aliphatic rings. The molecule has 3 heterocycles. The number of para-hydroxylation sites is 3. The molecule has 0 amide bonds. The van der Waals surface area contributed by atoms with E-state index in [4.69, 9.17) is 9.72 Å². The van der Waals surface area contributed by atoms with Crippen LogP contribution in [0.2, 0.25) is 0 Å². The molecule has 0 spiro atoms. The molecule has 6 heteroatoms. The van der Waals surface area contributed by atoms with Gasteiger partial charge in [-0.15, -0.1) is 48.1 Å². The van der Waals surface area contributed by atoms with Gasteiger partial charge in [0.25, 0.3) is 0 Å². The first-order valence-electron chi connectivity index (χ1n) is 18.9. The van der Waals surface area contributed by atoms with Crippen molar-refractivity contribution < 1.29 is 25.8 Å². The number of fused-ring (bicyclic) bond motifs is 4. The van der Waals surface area contributed by atoms with Gasteiger partial charge >= 0.3 is 0 Å². The Morgan fingerprint density at radius 1 is 0.607 bits per heavy atom. The van der Waals surface area contributed by atoms with Crippen LogP contribution in [-0.2, 0) is 31.9 Å². The van der Waals surface area contributed by atoms with Crippen LogP contribution < -0.4 is 14.5 Å². The van der Waals surface area contributed by atoms with Gasteiger partial charge in [-0.2, -0.15) is 12.1 Å². The fourth-order valence-electron chi connectivity index (χ4n) is 7.61. The molecule has 6 aromatic carbocycles. The topological polar surface area (TPSA) is 33.5 Å². The molecule has 0 N–H and O–H groups in total. The van der Waals surface area contributed by atoms with E-state index >= 15 is 0 Å². The second kappa shape index (κ2) is 14.5. The molecule has 56 heavy (non-hydrogen) atoms. The summed E-state index contributed by atoms with van der Waals surface area (Å²) in [5, 5.41) is 2.24. The molecule has 282 valence electrons. The van der Waals surface area contributed by atoms with Crippen LogP contribution in [0.15, 0.2) is 146 Å². The first kappa shape index (κ1) is 37.3. The second-order valence-electron chi connectivity index (χ2n) is 16.3. The van der Waals surface area contributed by atoms with E-state index in [1.165, 1.54) is 22.3 Å². The molecule has 8 aromatic rings. The molecule has 0 saturated carbocycles. The van der Waals surface area contributed by atoms with Gasteiger partial charge in [-0.3, -0.25) is 0 Å². The van der Waals surface area contributed by atoms with Gasteiger partial charge in [0, 0.05) is 61.3 Å². The SMILES string of the molecule is CC(C)(C)c1ccnc(-n2c3[c-]c(Oc4[c-]c(N5[CH-]N(c6ccc(-c7ccccc7)c(C(C)(C)C)c6)c6ccccc65)ccc4)ccc3c3ccccc32)c1.[Pt]. The summed E-state index contributed by atoms with van der Waals surface area (Å²) in [5.74, 6) is 2.07. The Balaban J connectivity index is 0.00000441. The van der Waals surface area contributed by atoms with E-state index in [9.17, 15) is 0 Å². The minimum atomic E-state index is -0.0546. The van der Waals surface area contributed by atoms with Gasteiger partial charge in [0.1, 0.15) is 5.82 Å². The monoisotopic (exact) mass is 910 g/mol. The Morgan fingerprint density at radius 2 is 1.32 bits per heavy atom. The van der Waals surface area contributed by atoms with Gasteiger partial charge in [0.15, 0.2) is 0 Å². The number of aromatic nitrogens is 2. The molecule has 5 nitrogen and oxygen atoms in total. The average Bonchev–Trinajstić information content (AvgIpc) is 3.74. The first-order chi connectivity index (χ1) is 26.5. The van der Waals surface area contributed by atoms with E-state index < -0.39 is 0 Å².